The van der Waals surface area contributed by atoms with E-state index in [-0.39, 0.29) is 11.3 Å². The maximum Gasteiger partial charge on any atom is 0.418 e. The van der Waals surface area contributed by atoms with Gasteiger partial charge >= 0.3 is 6.18 Å². The van der Waals surface area contributed by atoms with Gasteiger partial charge in [0.15, 0.2) is 0 Å². The minimum absolute atomic E-state index is 0.0397. The molecule has 1 radical (unpaired) electrons. The largest absolute Gasteiger partial charge is 0.508 e. The van der Waals surface area contributed by atoms with Crippen LogP contribution in [0.15, 0.2) is 48.7 Å². The Balaban J connectivity index is 2.31. The predicted octanol–water partition coefficient (Wildman–Crippen LogP) is 4.43. The third-order valence-corrected chi connectivity index (χ3v) is 3.15. The van der Waals surface area contributed by atoms with Crippen LogP contribution in [0, 0.1) is 6.07 Å². The van der Waals surface area contributed by atoms with Crippen LogP contribution in [0.1, 0.15) is 5.56 Å². The van der Waals surface area contributed by atoms with Crippen molar-refractivity contribution in [2.45, 2.75) is 6.18 Å². The van der Waals surface area contributed by atoms with Crippen molar-refractivity contribution >= 4 is 10.9 Å². The normalized spacial score (nSPS) is 11.8. The van der Waals surface area contributed by atoms with Crippen molar-refractivity contribution in [3.05, 3.63) is 60.3 Å². The van der Waals surface area contributed by atoms with E-state index in [1.807, 2.05) is 0 Å². The number of alkyl halides is 3. The van der Waals surface area contributed by atoms with E-state index >= 15 is 0 Å². The summed E-state index contributed by atoms with van der Waals surface area (Å²) in [7, 11) is 0. The first-order chi connectivity index (χ1) is 9.97. The number of benzene rings is 2. The number of para-hydroxylation sites is 1. The van der Waals surface area contributed by atoms with Crippen LogP contribution in [0.3, 0.4) is 0 Å². The van der Waals surface area contributed by atoms with Gasteiger partial charge in [0, 0.05) is 23.2 Å². The van der Waals surface area contributed by atoms with E-state index in [1.165, 1.54) is 24.4 Å². The molecule has 0 amide bonds. The zero-order valence-electron chi connectivity index (χ0n) is 10.6. The molecule has 0 unspecified atom stereocenters. The molecule has 3 rings (SSSR count). The van der Waals surface area contributed by atoms with Gasteiger partial charge in [-0.25, -0.2) is 0 Å². The molecule has 5 heteroatoms. The molecule has 1 heterocycles. The second-order valence-electron chi connectivity index (χ2n) is 4.53. The third-order valence-electron chi connectivity index (χ3n) is 3.15. The molecule has 0 bridgehead atoms. The number of pyridine rings is 1. The summed E-state index contributed by atoms with van der Waals surface area (Å²) < 4.78 is 39.1. The lowest BCUT2D eigenvalue weighted by atomic mass is 9.99. The highest BCUT2D eigenvalue weighted by Gasteiger charge is 2.33. The molecule has 0 atom stereocenters. The van der Waals surface area contributed by atoms with Crippen LogP contribution in [0.2, 0.25) is 0 Å². The minimum atomic E-state index is -4.47. The van der Waals surface area contributed by atoms with Gasteiger partial charge in [-0.15, -0.1) is 0 Å². The number of aromatic hydroxyl groups is 1. The number of nitrogens with zero attached hydrogens (tertiary/aromatic N) is 1. The summed E-state index contributed by atoms with van der Waals surface area (Å²) in [6, 6.07) is 13.0. The highest BCUT2D eigenvalue weighted by molar-refractivity contribution is 5.95. The molecule has 0 fully saturated rings. The molecule has 0 saturated carbocycles. The van der Waals surface area contributed by atoms with Gasteiger partial charge in [-0.2, -0.15) is 13.2 Å². The third kappa shape index (κ3) is 2.42. The number of halogens is 3. The molecular formula is C16H9F3NO. The number of phenols is 1. The number of aromatic nitrogens is 1. The lowest BCUT2D eigenvalue weighted by Gasteiger charge is -2.12. The van der Waals surface area contributed by atoms with Crippen LogP contribution in [-0.2, 0) is 6.18 Å². The molecule has 1 N–H and O–H groups in total. The number of hydrogen-bond donors (Lipinski definition) is 1. The Morgan fingerprint density at radius 3 is 2.52 bits per heavy atom. The van der Waals surface area contributed by atoms with Crippen molar-refractivity contribution in [1.29, 1.82) is 0 Å². The molecule has 0 aliphatic heterocycles. The van der Waals surface area contributed by atoms with Gasteiger partial charge in [0.1, 0.15) is 5.75 Å². The molecule has 0 spiro atoms. The average molecular weight is 288 g/mol. The summed E-state index contributed by atoms with van der Waals surface area (Å²) in [5, 5.41) is 9.87. The van der Waals surface area contributed by atoms with E-state index in [4.69, 9.17) is 0 Å². The van der Waals surface area contributed by atoms with Crippen molar-refractivity contribution in [2.24, 2.45) is 0 Å². The Morgan fingerprint density at radius 1 is 1.05 bits per heavy atom. The highest BCUT2D eigenvalue weighted by Crippen LogP contribution is 2.37. The molecule has 0 aliphatic carbocycles. The maximum absolute atomic E-state index is 13.0. The maximum atomic E-state index is 13.0. The summed E-state index contributed by atoms with van der Waals surface area (Å²) >= 11 is 0. The van der Waals surface area contributed by atoms with Gasteiger partial charge in [-0.1, -0.05) is 24.3 Å². The van der Waals surface area contributed by atoms with E-state index in [0.29, 0.717) is 16.5 Å². The number of fused-ring (bicyclic) bond motifs is 1. The Hall–Kier alpha value is -2.56. The molecule has 1 aromatic heterocycles. The van der Waals surface area contributed by atoms with Gasteiger partial charge in [0.05, 0.1) is 11.1 Å². The van der Waals surface area contributed by atoms with Crippen molar-refractivity contribution in [3.63, 3.8) is 0 Å². The quantitative estimate of drug-likeness (QED) is 0.718. The smallest absolute Gasteiger partial charge is 0.418 e. The molecule has 3 aromatic rings. The molecule has 0 saturated heterocycles. The van der Waals surface area contributed by atoms with Gasteiger partial charge in [0.2, 0.25) is 0 Å². The Labute approximate surface area is 118 Å². The van der Waals surface area contributed by atoms with Crippen LogP contribution >= 0.6 is 0 Å². The summed E-state index contributed by atoms with van der Waals surface area (Å²) in [5.74, 6) is 0.0397. The average Bonchev–Trinajstić information content (AvgIpc) is 2.45. The van der Waals surface area contributed by atoms with E-state index < -0.39 is 11.7 Å². The zero-order chi connectivity index (χ0) is 15.0. The van der Waals surface area contributed by atoms with Gasteiger partial charge < -0.3 is 5.11 Å². The monoisotopic (exact) mass is 288 g/mol. The van der Waals surface area contributed by atoms with E-state index in [9.17, 15) is 18.3 Å². The van der Waals surface area contributed by atoms with E-state index in [0.717, 1.165) is 6.07 Å². The molecule has 21 heavy (non-hydrogen) atoms. The lowest BCUT2D eigenvalue weighted by Crippen LogP contribution is -2.06. The summed E-state index contributed by atoms with van der Waals surface area (Å²) in [5.41, 5.74) is 0.154. The Morgan fingerprint density at radius 2 is 1.81 bits per heavy atom. The van der Waals surface area contributed by atoms with Crippen molar-refractivity contribution in [1.82, 2.24) is 4.98 Å². The van der Waals surface area contributed by atoms with Crippen LogP contribution in [0.25, 0.3) is 22.0 Å². The Kier molecular flexibility index (Phi) is 3.05. The molecule has 2 aromatic carbocycles. The highest BCUT2D eigenvalue weighted by atomic mass is 19.4. The first kappa shape index (κ1) is 13.4. The van der Waals surface area contributed by atoms with Crippen molar-refractivity contribution in [3.8, 4) is 16.9 Å². The van der Waals surface area contributed by atoms with Gasteiger partial charge in [0.25, 0.3) is 0 Å². The first-order valence-corrected chi connectivity index (χ1v) is 6.13. The second kappa shape index (κ2) is 4.77. The number of hydrogen-bond acceptors (Lipinski definition) is 2. The van der Waals surface area contributed by atoms with Crippen LogP contribution < -0.4 is 0 Å². The van der Waals surface area contributed by atoms with Gasteiger partial charge in [-0.05, 0) is 23.8 Å². The molecule has 2 nitrogen and oxygen atoms in total. The van der Waals surface area contributed by atoms with E-state index in [1.54, 1.807) is 18.2 Å². The topological polar surface area (TPSA) is 33.1 Å². The molecule has 105 valence electrons. The fraction of sp³-hybridized carbons (Fsp3) is 0.0625. The zero-order valence-corrected chi connectivity index (χ0v) is 10.6. The Bertz CT molecular complexity index is 812. The summed E-state index contributed by atoms with van der Waals surface area (Å²) in [6.45, 7) is 0. The number of phenolic OH excluding ortho intramolecular Hbond substituents is 1. The second-order valence-corrected chi connectivity index (χ2v) is 4.53. The van der Waals surface area contributed by atoms with Crippen molar-refractivity contribution < 1.29 is 18.3 Å². The SMILES string of the molecule is Oc1cccc(-c2[c]cnc3c(C(F)(F)F)cccc23)c1. The minimum Gasteiger partial charge on any atom is -0.508 e. The fourth-order valence-electron chi connectivity index (χ4n) is 2.25. The summed E-state index contributed by atoms with van der Waals surface area (Å²) in [4.78, 5) is 3.82. The fourth-order valence-corrected chi connectivity index (χ4v) is 2.25. The van der Waals surface area contributed by atoms with Crippen LogP contribution in [0.5, 0.6) is 5.75 Å². The predicted molar refractivity (Wildman–Crippen MR) is 72.7 cm³/mol. The molecular weight excluding hydrogens is 279 g/mol. The molecule has 0 aliphatic rings. The first-order valence-electron chi connectivity index (χ1n) is 6.13. The van der Waals surface area contributed by atoms with Crippen molar-refractivity contribution in [2.75, 3.05) is 0 Å². The summed E-state index contributed by atoms with van der Waals surface area (Å²) in [6.07, 6.45) is -3.25. The van der Waals surface area contributed by atoms with Crippen LogP contribution in [-0.4, -0.2) is 10.1 Å². The van der Waals surface area contributed by atoms with Crippen LogP contribution in [0.4, 0.5) is 13.2 Å². The lowest BCUT2D eigenvalue weighted by molar-refractivity contribution is -0.136. The standard InChI is InChI=1S/C16H9F3NO/c17-16(18,19)14-6-2-5-13-12(7-8-20-15(13)14)10-3-1-4-11(21)9-10/h1-6,8-9,21H. The number of rotatable bonds is 1. The van der Waals surface area contributed by atoms with E-state index in [2.05, 4.69) is 11.1 Å². The van der Waals surface area contributed by atoms with Gasteiger partial charge in [-0.3, -0.25) is 4.98 Å².